The Hall–Kier alpha value is -2.83. The lowest BCUT2D eigenvalue weighted by Crippen LogP contribution is -2.49. The number of rotatable bonds is 5. The van der Waals surface area contributed by atoms with Crippen LogP contribution in [0.4, 0.5) is 0 Å². The van der Waals surface area contributed by atoms with Gasteiger partial charge in [0.05, 0.1) is 16.1 Å². The van der Waals surface area contributed by atoms with Crippen LogP contribution in [0.2, 0.25) is 5.02 Å². The molecular weight excluding hydrogens is 402 g/mol. The average Bonchev–Trinajstić information content (AvgIpc) is 2.77. The van der Waals surface area contributed by atoms with Crippen LogP contribution in [-0.2, 0) is 7.05 Å². The zero-order chi connectivity index (χ0) is 21.1. The number of halogens is 1. The minimum Gasteiger partial charge on any atom is -0.491 e. The summed E-state index contributed by atoms with van der Waals surface area (Å²) in [6.07, 6.45) is 0. The fourth-order valence-corrected chi connectivity index (χ4v) is 3.97. The lowest BCUT2D eigenvalue weighted by Gasteiger charge is -2.34. The van der Waals surface area contributed by atoms with Gasteiger partial charge in [-0.25, -0.2) is 0 Å². The highest BCUT2D eigenvalue weighted by atomic mass is 35.5. The quantitative estimate of drug-likeness (QED) is 0.630. The molecule has 1 aliphatic rings. The van der Waals surface area contributed by atoms with E-state index in [1.807, 2.05) is 53.4 Å². The van der Waals surface area contributed by atoms with Crippen LogP contribution >= 0.6 is 11.6 Å². The van der Waals surface area contributed by atoms with E-state index >= 15 is 0 Å². The Balaban J connectivity index is 1.37. The molecule has 1 fully saturated rings. The molecule has 7 heteroatoms. The summed E-state index contributed by atoms with van der Waals surface area (Å²) in [5, 5.41) is 1.41. The van der Waals surface area contributed by atoms with Crippen molar-refractivity contribution < 1.29 is 9.53 Å². The number of amides is 1. The summed E-state index contributed by atoms with van der Waals surface area (Å²) in [6.45, 7) is 4.07. The topological polar surface area (TPSA) is 54.8 Å². The fourth-order valence-electron chi connectivity index (χ4n) is 3.78. The van der Waals surface area contributed by atoms with E-state index in [4.69, 9.17) is 16.3 Å². The number of para-hydroxylation sites is 2. The van der Waals surface area contributed by atoms with Crippen molar-refractivity contribution in [2.45, 2.75) is 0 Å². The molecule has 1 aliphatic heterocycles. The highest BCUT2D eigenvalue weighted by Crippen LogP contribution is 2.23. The molecule has 0 aliphatic carbocycles. The standard InChI is InChI=1S/C23H24ClN3O3/c1-25-20-8-4-2-6-17(20)18(16-22(25)28)23(29)27-12-10-26(11-13-27)14-15-30-21-9-5-3-7-19(21)24/h2-9,16H,10-15H2,1H3. The maximum Gasteiger partial charge on any atom is 0.254 e. The Kier molecular flexibility index (Phi) is 6.06. The predicted octanol–water partition coefficient (Wildman–Crippen LogP) is 3.03. The van der Waals surface area contributed by atoms with Crippen LogP contribution < -0.4 is 10.3 Å². The van der Waals surface area contributed by atoms with E-state index in [2.05, 4.69) is 4.90 Å². The summed E-state index contributed by atoms with van der Waals surface area (Å²) >= 11 is 6.11. The van der Waals surface area contributed by atoms with Gasteiger partial charge in [0.2, 0.25) is 0 Å². The van der Waals surface area contributed by atoms with Crippen LogP contribution in [0.3, 0.4) is 0 Å². The van der Waals surface area contributed by atoms with Gasteiger partial charge in [-0.3, -0.25) is 14.5 Å². The molecule has 156 valence electrons. The number of hydrogen-bond donors (Lipinski definition) is 0. The molecule has 0 radical (unpaired) electrons. The van der Waals surface area contributed by atoms with Crippen molar-refractivity contribution in [2.75, 3.05) is 39.3 Å². The van der Waals surface area contributed by atoms with E-state index in [-0.39, 0.29) is 11.5 Å². The highest BCUT2D eigenvalue weighted by molar-refractivity contribution is 6.32. The number of carbonyl (C=O) groups excluding carboxylic acids is 1. The minimum atomic E-state index is -0.174. The third kappa shape index (κ3) is 4.20. The third-order valence-electron chi connectivity index (χ3n) is 5.55. The molecule has 0 N–H and O–H groups in total. The molecule has 0 bridgehead atoms. The van der Waals surface area contributed by atoms with Gasteiger partial charge in [-0.2, -0.15) is 0 Å². The molecule has 2 heterocycles. The summed E-state index contributed by atoms with van der Waals surface area (Å²) in [5.74, 6) is 0.599. The molecule has 1 amide bonds. The van der Waals surface area contributed by atoms with Crippen molar-refractivity contribution in [1.29, 1.82) is 0 Å². The van der Waals surface area contributed by atoms with Crippen molar-refractivity contribution >= 4 is 28.4 Å². The molecule has 1 aromatic heterocycles. The van der Waals surface area contributed by atoms with Gasteiger partial charge in [0.15, 0.2) is 0 Å². The number of pyridine rings is 1. The van der Waals surface area contributed by atoms with Crippen LogP contribution in [0.25, 0.3) is 10.9 Å². The Morgan fingerprint density at radius 1 is 1.03 bits per heavy atom. The van der Waals surface area contributed by atoms with Crippen LogP contribution in [0, 0.1) is 0 Å². The van der Waals surface area contributed by atoms with Crippen molar-refractivity contribution in [3.8, 4) is 5.75 Å². The Morgan fingerprint density at radius 3 is 2.50 bits per heavy atom. The number of nitrogens with zero attached hydrogens (tertiary/aromatic N) is 3. The molecule has 0 saturated carbocycles. The summed E-state index contributed by atoms with van der Waals surface area (Å²) in [7, 11) is 1.72. The van der Waals surface area contributed by atoms with E-state index in [9.17, 15) is 9.59 Å². The molecule has 0 atom stereocenters. The van der Waals surface area contributed by atoms with E-state index in [1.54, 1.807) is 11.6 Å². The van der Waals surface area contributed by atoms with Gasteiger partial charge in [0.1, 0.15) is 12.4 Å². The number of hydrogen-bond acceptors (Lipinski definition) is 4. The van der Waals surface area contributed by atoms with E-state index in [0.717, 1.165) is 30.5 Å². The normalized spacial score (nSPS) is 14.8. The first-order chi connectivity index (χ1) is 14.5. The van der Waals surface area contributed by atoms with Crippen LogP contribution in [0.15, 0.2) is 59.4 Å². The summed E-state index contributed by atoms with van der Waals surface area (Å²) in [4.78, 5) is 29.5. The van der Waals surface area contributed by atoms with Gasteiger partial charge < -0.3 is 14.2 Å². The Labute approximate surface area is 180 Å². The molecule has 6 nitrogen and oxygen atoms in total. The first-order valence-corrected chi connectivity index (χ1v) is 10.4. The number of aromatic nitrogens is 1. The smallest absolute Gasteiger partial charge is 0.254 e. The second kappa shape index (κ2) is 8.90. The second-order valence-corrected chi connectivity index (χ2v) is 7.79. The molecule has 3 aromatic rings. The lowest BCUT2D eigenvalue weighted by molar-refractivity contribution is 0.0622. The van der Waals surface area contributed by atoms with E-state index < -0.39 is 0 Å². The molecule has 30 heavy (non-hydrogen) atoms. The van der Waals surface area contributed by atoms with Crippen LogP contribution in [0.5, 0.6) is 5.75 Å². The monoisotopic (exact) mass is 425 g/mol. The van der Waals surface area contributed by atoms with E-state index in [0.29, 0.717) is 36.0 Å². The van der Waals surface area contributed by atoms with E-state index in [1.165, 1.54) is 6.07 Å². The van der Waals surface area contributed by atoms with Gasteiger partial charge in [0.25, 0.3) is 11.5 Å². The minimum absolute atomic E-state index is 0.0872. The SMILES string of the molecule is Cn1c(=O)cc(C(=O)N2CCN(CCOc3ccccc3Cl)CC2)c2ccccc21. The van der Waals surface area contributed by atoms with Gasteiger partial charge in [-0.1, -0.05) is 41.9 Å². The maximum absolute atomic E-state index is 13.1. The average molecular weight is 426 g/mol. The Morgan fingerprint density at radius 2 is 1.73 bits per heavy atom. The Bertz CT molecular complexity index is 1120. The summed E-state index contributed by atoms with van der Waals surface area (Å²) in [6, 6.07) is 16.4. The summed E-state index contributed by atoms with van der Waals surface area (Å²) in [5.41, 5.74) is 1.07. The first kappa shape index (κ1) is 20.4. The zero-order valence-electron chi connectivity index (χ0n) is 16.9. The summed E-state index contributed by atoms with van der Waals surface area (Å²) < 4.78 is 7.34. The van der Waals surface area contributed by atoms with Gasteiger partial charge in [-0.15, -0.1) is 0 Å². The number of carbonyl (C=O) groups is 1. The zero-order valence-corrected chi connectivity index (χ0v) is 17.6. The largest absolute Gasteiger partial charge is 0.491 e. The molecule has 1 saturated heterocycles. The first-order valence-electron chi connectivity index (χ1n) is 10.0. The van der Waals surface area contributed by atoms with Gasteiger partial charge in [-0.05, 0) is 18.2 Å². The van der Waals surface area contributed by atoms with Crippen molar-refractivity contribution in [3.63, 3.8) is 0 Å². The maximum atomic E-state index is 13.1. The highest BCUT2D eigenvalue weighted by Gasteiger charge is 2.24. The van der Waals surface area contributed by atoms with Crippen LogP contribution in [0.1, 0.15) is 10.4 Å². The predicted molar refractivity (Wildman–Crippen MR) is 118 cm³/mol. The van der Waals surface area contributed by atoms with Gasteiger partial charge in [0, 0.05) is 51.2 Å². The van der Waals surface area contributed by atoms with Gasteiger partial charge >= 0.3 is 0 Å². The molecule has 2 aromatic carbocycles. The third-order valence-corrected chi connectivity index (χ3v) is 5.86. The molecule has 4 rings (SSSR count). The number of fused-ring (bicyclic) bond motifs is 1. The van der Waals surface area contributed by atoms with Crippen molar-refractivity contribution in [1.82, 2.24) is 14.4 Å². The number of piperazine rings is 1. The number of aryl methyl sites for hydroxylation is 1. The lowest BCUT2D eigenvalue weighted by atomic mass is 10.1. The number of ether oxygens (including phenoxy) is 1. The number of benzene rings is 2. The van der Waals surface area contributed by atoms with Crippen molar-refractivity contribution in [2.24, 2.45) is 7.05 Å². The fraction of sp³-hybridized carbons (Fsp3) is 0.304. The second-order valence-electron chi connectivity index (χ2n) is 7.39. The molecule has 0 spiro atoms. The van der Waals surface area contributed by atoms with Crippen molar-refractivity contribution in [3.05, 3.63) is 75.5 Å². The molecular formula is C23H24ClN3O3. The van der Waals surface area contributed by atoms with Crippen LogP contribution in [-0.4, -0.2) is 59.6 Å². The molecule has 0 unspecified atom stereocenters.